The van der Waals surface area contributed by atoms with Gasteiger partial charge in [-0.15, -0.1) is 0 Å². The molecule has 3 rings (SSSR count). The second-order valence-electron chi connectivity index (χ2n) is 7.18. The molecule has 2 aromatic carbocycles. The van der Waals surface area contributed by atoms with Crippen LogP contribution in [-0.2, 0) is 25.5 Å². The molecule has 35 heavy (non-hydrogen) atoms. The van der Waals surface area contributed by atoms with E-state index in [1.807, 2.05) is 18.2 Å². The van der Waals surface area contributed by atoms with E-state index >= 15 is 0 Å². The van der Waals surface area contributed by atoms with E-state index in [4.69, 9.17) is 10.5 Å². The Labute approximate surface area is 200 Å². The summed E-state index contributed by atoms with van der Waals surface area (Å²) in [5, 5.41) is 6.66. The Balaban J connectivity index is 0.000000402. The maximum absolute atomic E-state index is 12.2. The molecule has 11 heteroatoms. The molecule has 0 atom stereocenters. The van der Waals surface area contributed by atoms with Crippen molar-refractivity contribution in [3.63, 3.8) is 0 Å². The predicted octanol–water partition coefficient (Wildman–Crippen LogP) is 4.23. The first kappa shape index (κ1) is 27.1. The van der Waals surface area contributed by atoms with Crippen molar-refractivity contribution in [2.75, 3.05) is 22.7 Å². The van der Waals surface area contributed by atoms with Gasteiger partial charge < -0.3 is 15.8 Å². The first-order valence-electron chi connectivity index (χ1n) is 10.6. The number of aryl methyl sites for hydroxylation is 1. The molecule has 0 aliphatic carbocycles. The lowest BCUT2D eigenvalue weighted by atomic mass is 10.1. The quantitative estimate of drug-likeness (QED) is 0.357. The maximum Gasteiger partial charge on any atom is 0.471 e. The molecule has 0 saturated heterocycles. The normalized spacial score (nSPS) is 13.1. The van der Waals surface area contributed by atoms with Crippen molar-refractivity contribution in [3.05, 3.63) is 66.2 Å². The van der Waals surface area contributed by atoms with Crippen LogP contribution in [0.15, 0.2) is 65.8 Å². The average Bonchev–Trinajstić information content (AvgIpc) is 3.08. The third-order valence-corrected chi connectivity index (χ3v) is 4.70. The van der Waals surface area contributed by atoms with Gasteiger partial charge in [-0.2, -0.15) is 23.3 Å². The monoisotopic (exact) mass is 490 g/mol. The Hall–Kier alpha value is -4.15. The number of para-hydroxylation sites is 1. The van der Waals surface area contributed by atoms with Crippen molar-refractivity contribution in [2.24, 2.45) is 5.10 Å². The van der Waals surface area contributed by atoms with Crippen molar-refractivity contribution in [2.45, 2.75) is 32.9 Å². The lowest BCUT2D eigenvalue weighted by Crippen LogP contribution is -2.29. The van der Waals surface area contributed by atoms with Crippen LogP contribution >= 0.6 is 0 Å². The van der Waals surface area contributed by atoms with Crippen molar-refractivity contribution in [1.29, 1.82) is 0 Å². The van der Waals surface area contributed by atoms with Gasteiger partial charge >= 0.3 is 18.1 Å². The number of halogens is 3. The number of rotatable bonds is 6. The van der Waals surface area contributed by atoms with E-state index in [1.54, 1.807) is 12.2 Å². The molecular formula is C24H25F3N4O4. The van der Waals surface area contributed by atoms with Crippen LogP contribution < -0.4 is 16.1 Å². The zero-order chi connectivity index (χ0) is 26.2. The number of nitrogens with two attached hydrogens (primary N) is 1. The van der Waals surface area contributed by atoms with Crippen LogP contribution in [0, 0.1) is 0 Å². The SMILES string of the molecule is C=C1C(=O)N(c2ccc(NC(=O)C(F)(F)F)cc2)N=C1CC(=O)OCC.CCc1ccccc1N. The van der Waals surface area contributed by atoms with E-state index in [0.29, 0.717) is 0 Å². The number of benzene rings is 2. The van der Waals surface area contributed by atoms with Crippen molar-refractivity contribution in [3.8, 4) is 0 Å². The van der Waals surface area contributed by atoms with Gasteiger partial charge in [0.1, 0.15) is 0 Å². The summed E-state index contributed by atoms with van der Waals surface area (Å²) < 4.78 is 41.5. The van der Waals surface area contributed by atoms with Gasteiger partial charge in [0.2, 0.25) is 0 Å². The zero-order valence-electron chi connectivity index (χ0n) is 19.2. The second kappa shape index (κ2) is 11.8. The maximum atomic E-state index is 12.2. The van der Waals surface area contributed by atoms with Crippen molar-refractivity contribution < 1.29 is 32.3 Å². The largest absolute Gasteiger partial charge is 0.471 e. The highest BCUT2D eigenvalue weighted by atomic mass is 19.4. The molecule has 3 N–H and O–H groups in total. The molecule has 2 amide bonds. The van der Waals surface area contributed by atoms with E-state index in [1.165, 1.54) is 29.8 Å². The molecule has 0 aromatic heterocycles. The molecule has 1 heterocycles. The molecule has 8 nitrogen and oxygen atoms in total. The van der Waals surface area contributed by atoms with Crippen LogP contribution in [0.3, 0.4) is 0 Å². The summed E-state index contributed by atoms with van der Waals surface area (Å²) in [5.41, 5.74) is 8.07. The third-order valence-electron chi connectivity index (χ3n) is 4.70. The molecule has 0 fully saturated rings. The highest BCUT2D eigenvalue weighted by molar-refractivity contribution is 6.32. The molecule has 186 valence electrons. The number of alkyl halides is 3. The summed E-state index contributed by atoms with van der Waals surface area (Å²) in [7, 11) is 0. The molecule has 2 aromatic rings. The van der Waals surface area contributed by atoms with E-state index in [2.05, 4.69) is 24.7 Å². The zero-order valence-corrected chi connectivity index (χ0v) is 19.2. The minimum Gasteiger partial charge on any atom is -0.466 e. The highest BCUT2D eigenvalue weighted by Crippen LogP contribution is 2.26. The topological polar surface area (TPSA) is 114 Å². The number of ether oxygens (including phenoxy) is 1. The summed E-state index contributed by atoms with van der Waals surface area (Å²) in [6, 6.07) is 12.9. The molecule has 1 aliphatic rings. The molecule has 0 radical (unpaired) electrons. The number of esters is 1. The number of hydrogen-bond donors (Lipinski definition) is 2. The van der Waals surface area contributed by atoms with E-state index in [0.717, 1.165) is 17.1 Å². The Kier molecular flexibility index (Phi) is 9.15. The van der Waals surface area contributed by atoms with Crippen LogP contribution in [-0.4, -0.2) is 36.3 Å². The fourth-order valence-corrected chi connectivity index (χ4v) is 2.89. The first-order valence-corrected chi connectivity index (χ1v) is 10.6. The summed E-state index contributed by atoms with van der Waals surface area (Å²) in [5.74, 6) is -3.24. The van der Waals surface area contributed by atoms with Crippen molar-refractivity contribution in [1.82, 2.24) is 0 Å². The Morgan fingerprint density at radius 1 is 1.11 bits per heavy atom. The number of hydrazone groups is 1. The van der Waals surface area contributed by atoms with E-state index in [9.17, 15) is 27.6 Å². The smallest absolute Gasteiger partial charge is 0.466 e. The average molecular weight is 490 g/mol. The van der Waals surface area contributed by atoms with Gasteiger partial charge in [0.25, 0.3) is 5.91 Å². The van der Waals surface area contributed by atoms with Gasteiger partial charge in [-0.05, 0) is 49.2 Å². The van der Waals surface area contributed by atoms with Gasteiger partial charge in [0, 0.05) is 11.4 Å². The first-order chi connectivity index (χ1) is 16.5. The van der Waals surface area contributed by atoms with Crippen LogP contribution in [0.5, 0.6) is 0 Å². The molecular weight excluding hydrogens is 465 g/mol. The fourth-order valence-electron chi connectivity index (χ4n) is 2.89. The van der Waals surface area contributed by atoms with Gasteiger partial charge in [0.15, 0.2) is 0 Å². The van der Waals surface area contributed by atoms with E-state index < -0.39 is 24.0 Å². The minimum atomic E-state index is -5.01. The number of amides is 2. The molecule has 0 saturated carbocycles. The van der Waals surface area contributed by atoms with Crippen LogP contribution in [0.25, 0.3) is 0 Å². The van der Waals surface area contributed by atoms with Crippen molar-refractivity contribution >= 4 is 40.6 Å². The molecule has 0 bridgehead atoms. The van der Waals surface area contributed by atoms with Gasteiger partial charge in [0.05, 0.1) is 30.0 Å². The van der Waals surface area contributed by atoms with Gasteiger partial charge in [-0.3, -0.25) is 14.4 Å². The Morgan fingerprint density at radius 2 is 1.74 bits per heavy atom. The second-order valence-corrected chi connectivity index (χ2v) is 7.18. The van der Waals surface area contributed by atoms with E-state index in [-0.39, 0.29) is 35.7 Å². The number of carbonyl (C=O) groups excluding carboxylic acids is 3. The van der Waals surface area contributed by atoms with Crippen LogP contribution in [0.2, 0.25) is 0 Å². The third kappa shape index (κ3) is 7.42. The fraction of sp³-hybridized carbons (Fsp3) is 0.250. The highest BCUT2D eigenvalue weighted by Gasteiger charge is 2.38. The summed E-state index contributed by atoms with van der Waals surface area (Å²) in [6.45, 7) is 7.50. The molecule has 1 aliphatic heterocycles. The number of hydrogen-bond acceptors (Lipinski definition) is 6. The summed E-state index contributed by atoms with van der Waals surface area (Å²) in [6.07, 6.45) is -4.21. The summed E-state index contributed by atoms with van der Waals surface area (Å²) in [4.78, 5) is 34.6. The number of nitrogens with zero attached hydrogens (tertiary/aromatic N) is 2. The summed E-state index contributed by atoms with van der Waals surface area (Å²) >= 11 is 0. The van der Waals surface area contributed by atoms with Crippen LogP contribution in [0.1, 0.15) is 25.8 Å². The lowest BCUT2D eigenvalue weighted by Gasteiger charge is -2.13. The molecule has 0 spiro atoms. The number of carbonyl (C=O) groups is 3. The number of nitrogen functional groups attached to an aromatic ring is 1. The molecule has 0 unspecified atom stereocenters. The van der Waals surface area contributed by atoms with Gasteiger partial charge in [-0.25, -0.2) is 0 Å². The standard InChI is InChI=1S/C16H14F3N3O4.C8H11N/c1-3-26-13(23)8-12-9(2)14(24)22(21-12)11-6-4-10(5-7-11)20-15(25)16(17,18)19;1-2-7-5-3-4-6-8(7)9/h4-7H,2-3,8H2,1H3,(H,20,25);3-6H,2,9H2,1H3. The minimum absolute atomic E-state index is 0.0208. The predicted molar refractivity (Wildman–Crippen MR) is 127 cm³/mol. The number of anilines is 3. The Morgan fingerprint density at radius 3 is 2.26 bits per heavy atom. The lowest BCUT2D eigenvalue weighted by molar-refractivity contribution is -0.167. The number of nitrogens with one attached hydrogen (secondary N) is 1. The Bertz CT molecular complexity index is 1130. The van der Waals surface area contributed by atoms with Gasteiger partial charge in [-0.1, -0.05) is 31.7 Å². The van der Waals surface area contributed by atoms with Crippen LogP contribution in [0.4, 0.5) is 30.2 Å².